The summed E-state index contributed by atoms with van der Waals surface area (Å²) in [5.74, 6) is 0.210. The number of hydrogen-bond donors (Lipinski definition) is 2. The molecule has 0 aromatic carbocycles. The zero-order valence-corrected chi connectivity index (χ0v) is 9.46. The van der Waals surface area contributed by atoms with Gasteiger partial charge in [-0.1, -0.05) is 6.92 Å². The molecule has 5 heteroatoms. The van der Waals surface area contributed by atoms with E-state index < -0.39 is 6.04 Å². The lowest BCUT2D eigenvalue weighted by molar-refractivity contribution is -0.146. The fourth-order valence-corrected chi connectivity index (χ4v) is 1.09. The zero-order valence-electron chi connectivity index (χ0n) is 8.57. The summed E-state index contributed by atoms with van der Waals surface area (Å²) in [5, 5.41) is 0. The van der Waals surface area contributed by atoms with E-state index in [1.807, 2.05) is 6.92 Å². The molecule has 1 atom stereocenters. The molecule has 0 radical (unpaired) electrons. The molecule has 84 valence electrons. The van der Waals surface area contributed by atoms with Crippen molar-refractivity contribution in [2.45, 2.75) is 25.8 Å². The quantitative estimate of drug-likeness (QED) is 0.358. The van der Waals surface area contributed by atoms with Crippen LogP contribution >= 0.6 is 12.6 Å². The Morgan fingerprint density at radius 1 is 1.43 bits per heavy atom. The van der Waals surface area contributed by atoms with Gasteiger partial charge in [0.1, 0.15) is 12.6 Å². The summed E-state index contributed by atoms with van der Waals surface area (Å²) in [4.78, 5) is 11.1. The summed E-state index contributed by atoms with van der Waals surface area (Å²) in [6, 6.07) is -0.557. The monoisotopic (exact) mass is 221 g/mol. The molecule has 0 bridgehead atoms. The van der Waals surface area contributed by atoms with Crippen molar-refractivity contribution in [3.05, 3.63) is 0 Å². The number of hydrogen-bond acceptors (Lipinski definition) is 5. The van der Waals surface area contributed by atoms with Crippen molar-refractivity contribution in [2.24, 2.45) is 5.73 Å². The molecule has 4 nitrogen and oxygen atoms in total. The normalized spacial score (nSPS) is 12.5. The average molecular weight is 221 g/mol. The van der Waals surface area contributed by atoms with Crippen molar-refractivity contribution in [1.29, 1.82) is 0 Å². The third kappa shape index (κ3) is 7.17. The first-order valence-corrected chi connectivity index (χ1v) is 5.46. The molecular formula is C9H19NO3S. The van der Waals surface area contributed by atoms with Gasteiger partial charge in [0.25, 0.3) is 0 Å². The Hall–Kier alpha value is -0.260. The van der Waals surface area contributed by atoms with E-state index in [1.54, 1.807) is 0 Å². The second-order valence-electron chi connectivity index (χ2n) is 2.90. The van der Waals surface area contributed by atoms with Crippen molar-refractivity contribution in [3.63, 3.8) is 0 Å². The van der Waals surface area contributed by atoms with Crippen LogP contribution in [0, 0.1) is 0 Å². The molecule has 0 saturated heterocycles. The highest BCUT2D eigenvalue weighted by Gasteiger charge is 2.13. The minimum Gasteiger partial charge on any atom is -0.462 e. The summed E-state index contributed by atoms with van der Waals surface area (Å²) in [6.45, 7) is 3.43. The van der Waals surface area contributed by atoms with Crippen LogP contribution in [0.15, 0.2) is 0 Å². The van der Waals surface area contributed by atoms with E-state index >= 15 is 0 Å². The highest BCUT2D eigenvalue weighted by molar-refractivity contribution is 7.80. The first-order chi connectivity index (χ1) is 6.72. The third-order valence-corrected chi connectivity index (χ3v) is 1.82. The molecule has 0 amide bonds. The molecule has 0 heterocycles. The minimum atomic E-state index is -0.557. The lowest BCUT2D eigenvalue weighted by Gasteiger charge is -2.10. The van der Waals surface area contributed by atoms with E-state index in [4.69, 9.17) is 15.2 Å². The Balaban J connectivity index is 3.34. The number of rotatable bonds is 8. The fraction of sp³-hybridized carbons (Fsp3) is 0.889. The predicted octanol–water partition coefficient (Wildman–Crippen LogP) is 0.603. The molecule has 14 heavy (non-hydrogen) atoms. The number of nitrogens with two attached hydrogens (primary N) is 1. The first kappa shape index (κ1) is 13.7. The van der Waals surface area contributed by atoms with Gasteiger partial charge in [-0.3, -0.25) is 4.79 Å². The van der Waals surface area contributed by atoms with Gasteiger partial charge in [-0.25, -0.2) is 0 Å². The molecule has 0 aromatic heterocycles. The molecular weight excluding hydrogens is 202 g/mol. The molecule has 0 fully saturated rings. The van der Waals surface area contributed by atoms with E-state index in [0.29, 0.717) is 25.4 Å². The second kappa shape index (κ2) is 9.30. The molecule has 0 aliphatic heterocycles. The van der Waals surface area contributed by atoms with Crippen LogP contribution in [0.4, 0.5) is 0 Å². The molecule has 0 aromatic rings. The van der Waals surface area contributed by atoms with E-state index in [9.17, 15) is 4.79 Å². The van der Waals surface area contributed by atoms with Gasteiger partial charge in [0.15, 0.2) is 0 Å². The van der Waals surface area contributed by atoms with Crippen LogP contribution in [-0.4, -0.2) is 37.6 Å². The lowest BCUT2D eigenvalue weighted by atomic mass is 10.2. The molecule has 1 unspecified atom stereocenters. The highest BCUT2D eigenvalue weighted by atomic mass is 32.1. The van der Waals surface area contributed by atoms with Crippen LogP contribution in [-0.2, 0) is 14.3 Å². The zero-order chi connectivity index (χ0) is 10.8. The molecule has 0 rings (SSSR count). The number of carbonyl (C=O) groups is 1. The Morgan fingerprint density at radius 3 is 2.71 bits per heavy atom. The van der Waals surface area contributed by atoms with Crippen LogP contribution in [0.2, 0.25) is 0 Å². The van der Waals surface area contributed by atoms with Crippen molar-refractivity contribution in [2.75, 3.05) is 25.6 Å². The predicted molar refractivity (Wildman–Crippen MR) is 58.5 cm³/mol. The van der Waals surface area contributed by atoms with Gasteiger partial charge in [-0.05, 0) is 18.6 Å². The smallest absolute Gasteiger partial charge is 0.323 e. The van der Waals surface area contributed by atoms with E-state index in [2.05, 4.69) is 12.6 Å². The number of ether oxygens (including phenoxy) is 2. The van der Waals surface area contributed by atoms with Crippen LogP contribution in [0.3, 0.4) is 0 Å². The van der Waals surface area contributed by atoms with Gasteiger partial charge >= 0.3 is 5.97 Å². The van der Waals surface area contributed by atoms with Crippen LogP contribution in [0.25, 0.3) is 0 Å². The van der Waals surface area contributed by atoms with Gasteiger partial charge in [0, 0.05) is 6.61 Å². The SMILES string of the molecule is CCCOCCOC(=O)C(N)CCS. The lowest BCUT2D eigenvalue weighted by Crippen LogP contribution is -2.33. The summed E-state index contributed by atoms with van der Waals surface area (Å²) in [7, 11) is 0. The number of esters is 1. The van der Waals surface area contributed by atoms with Gasteiger partial charge in [-0.2, -0.15) is 12.6 Å². The van der Waals surface area contributed by atoms with Crippen LogP contribution in [0.5, 0.6) is 0 Å². The number of thiol groups is 1. The van der Waals surface area contributed by atoms with Crippen LogP contribution < -0.4 is 5.73 Å². The molecule has 2 N–H and O–H groups in total. The maximum absolute atomic E-state index is 11.1. The van der Waals surface area contributed by atoms with Gasteiger partial charge < -0.3 is 15.2 Å². The maximum atomic E-state index is 11.1. The molecule has 0 saturated carbocycles. The fourth-order valence-electron chi connectivity index (χ4n) is 0.812. The largest absolute Gasteiger partial charge is 0.462 e. The van der Waals surface area contributed by atoms with E-state index in [0.717, 1.165) is 6.42 Å². The first-order valence-electron chi connectivity index (χ1n) is 4.83. The maximum Gasteiger partial charge on any atom is 0.323 e. The molecule has 0 aliphatic rings. The minimum absolute atomic E-state index is 0.277. The summed E-state index contributed by atoms with van der Waals surface area (Å²) in [6.07, 6.45) is 1.50. The van der Waals surface area contributed by atoms with E-state index in [1.165, 1.54) is 0 Å². The van der Waals surface area contributed by atoms with Crippen molar-refractivity contribution < 1.29 is 14.3 Å². The van der Waals surface area contributed by atoms with E-state index in [-0.39, 0.29) is 12.6 Å². The second-order valence-corrected chi connectivity index (χ2v) is 3.35. The highest BCUT2D eigenvalue weighted by Crippen LogP contribution is 1.94. The van der Waals surface area contributed by atoms with Crippen molar-refractivity contribution in [3.8, 4) is 0 Å². The summed E-state index contributed by atoms with van der Waals surface area (Å²) in [5.41, 5.74) is 5.50. The summed E-state index contributed by atoms with van der Waals surface area (Å²) >= 11 is 3.98. The Kier molecular flexibility index (Phi) is 9.13. The molecule has 0 spiro atoms. The van der Waals surface area contributed by atoms with Gasteiger partial charge in [-0.15, -0.1) is 0 Å². The average Bonchev–Trinajstić information content (AvgIpc) is 2.17. The van der Waals surface area contributed by atoms with Gasteiger partial charge in [0.05, 0.1) is 6.61 Å². The Labute approximate surface area is 90.5 Å². The van der Waals surface area contributed by atoms with Crippen molar-refractivity contribution in [1.82, 2.24) is 0 Å². The Morgan fingerprint density at radius 2 is 2.14 bits per heavy atom. The third-order valence-electron chi connectivity index (χ3n) is 1.56. The summed E-state index contributed by atoms with van der Waals surface area (Å²) < 4.78 is 10.0. The van der Waals surface area contributed by atoms with Gasteiger partial charge in [0.2, 0.25) is 0 Å². The Bertz CT molecular complexity index is 155. The molecule has 0 aliphatic carbocycles. The number of carbonyl (C=O) groups excluding carboxylic acids is 1. The van der Waals surface area contributed by atoms with Crippen LogP contribution in [0.1, 0.15) is 19.8 Å². The standard InChI is InChI=1S/C9H19NO3S/c1-2-4-12-5-6-13-9(11)8(10)3-7-14/h8,14H,2-7,10H2,1H3. The topological polar surface area (TPSA) is 61.5 Å². The van der Waals surface area contributed by atoms with Crippen molar-refractivity contribution >= 4 is 18.6 Å².